The van der Waals surface area contributed by atoms with E-state index >= 15 is 0 Å². The second-order valence-corrected chi connectivity index (χ2v) is 9.54. The van der Waals surface area contributed by atoms with Gasteiger partial charge < -0.3 is 5.11 Å². The number of carbonyl (C=O) groups excluding carboxylic acids is 1. The monoisotopic (exact) mass is 450 g/mol. The van der Waals surface area contributed by atoms with E-state index in [0.29, 0.717) is 0 Å². The molecule has 2 aromatic carbocycles. The standard InChI is InChI=1S/C30H42O3/c1-4-5-6-10-15-23(2)29(31)27-20-21-28(25-17-13-9-14-18-25)26(22-27)19-12-8-7-11-16-24(3)30(32)33/h9,13-14,17-18,20-24H,4-8,10-12,15-16,19H2,1-3H3,(H,32,33). The maximum Gasteiger partial charge on any atom is 0.306 e. The number of aryl methyl sites for hydroxylation is 1. The van der Waals surface area contributed by atoms with Crippen LogP contribution < -0.4 is 0 Å². The molecule has 0 aliphatic heterocycles. The molecule has 0 saturated heterocycles. The van der Waals surface area contributed by atoms with Crippen molar-refractivity contribution in [3.63, 3.8) is 0 Å². The van der Waals surface area contributed by atoms with E-state index in [1.165, 1.54) is 36.0 Å². The van der Waals surface area contributed by atoms with Crippen molar-refractivity contribution in [3.05, 3.63) is 59.7 Å². The molecular formula is C30H42O3. The summed E-state index contributed by atoms with van der Waals surface area (Å²) in [4.78, 5) is 24.1. The molecule has 0 saturated carbocycles. The molecule has 2 aromatic rings. The van der Waals surface area contributed by atoms with Gasteiger partial charge >= 0.3 is 5.97 Å². The third-order valence-corrected chi connectivity index (χ3v) is 6.67. The lowest BCUT2D eigenvalue weighted by molar-refractivity contribution is -0.141. The maximum absolute atomic E-state index is 13.1. The number of rotatable bonds is 16. The number of benzene rings is 2. The van der Waals surface area contributed by atoms with Gasteiger partial charge in [-0.05, 0) is 48.4 Å². The van der Waals surface area contributed by atoms with Gasteiger partial charge in [0.25, 0.3) is 0 Å². The zero-order valence-electron chi connectivity index (χ0n) is 20.8. The SMILES string of the molecule is CCCCCCC(C)C(=O)c1ccc(-c2ccccc2)c(CCCCCCC(C)C(=O)O)c1. The molecule has 0 amide bonds. The quantitative estimate of drug-likeness (QED) is 0.206. The average Bonchev–Trinajstić information content (AvgIpc) is 2.83. The molecule has 33 heavy (non-hydrogen) atoms. The predicted molar refractivity (Wildman–Crippen MR) is 138 cm³/mol. The molecular weight excluding hydrogens is 408 g/mol. The van der Waals surface area contributed by atoms with Crippen LogP contribution >= 0.6 is 0 Å². The van der Waals surface area contributed by atoms with Crippen LogP contribution in [-0.4, -0.2) is 16.9 Å². The number of aliphatic carboxylic acids is 1. The van der Waals surface area contributed by atoms with Crippen molar-refractivity contribution in [1.29, 1.82) is 0 Å². The summed E-state index contributed by atoms with van der Waals surface area (Å²) in [7, 11) is 0. The van der Waals surface area contributed by atoms with Crippen LogP contribution in [0, 0.1) is 11.8 Å². The molecule has 0 aliphatic carbocycles. The minimum Gasteiger partial charge on any atom is -0.481 e. The lowest BCUT2D eigenvalue weighted by atomic mass is 9.89. The molecule has 0 fully saturated rings. The van der Waals surface area contributed by atoms with Crippen molar-refractivity contribution in [2.45, 2.75) is 91.4 Å². The average molecular weight is 451 g/mol. The Hall–Kier alpha value is -2.42. The lowest BCUT2D eigenvalue weighted by Crippen LogP contribution is -2.12. The van der Waals surface area contributed by atoms with Crippen molar-refractivity contribution >= 4 is 11.8 Å². The molecule has 180 valence electrons. The lowest BCUT2D eigenvalue weighted by Gasteiger charge is -2.15. The van der Waals surface area contributed by atoms with Gasteiger partial charge in [-0.25, -0.2) is 0 Å². The Morgan fingerprint density at radius 3 is 2.09 bits per heavy atom. The van der Waals surface area contributed by atoms with Crippen LogP contribution in [0.2, 0.25) is 0 Å². The summed E-state index contributed by atoms with van der Waals surface area (Å²) in [5, 5.41) is 9.03. The van der Waals surface area contributed by atoms with Gasteiger partial charge in [-0.3, -0.25) is 9.59 Å². The van der Waals surface area contributed by atoms with Crippen LogP contribution in [0.25, 0.3) is 11.1 Å². The second kappa shape index (κ2) is 14.7. The highest BCUT2D eigenvalue weighted by molar-refractivity contribution is 5.98. The summed E-state index contributed by atoms with van der Waals surface area (Å²) in [6, 6.07) is 16.6. The van der Waals surface area contributed by atoms with Gasteiger partial charge in [0.1, 0.15) is 0 Å². The topological polar surface area (TPSA) is 54.4 Å². The van der Waals surface area contributed by atoms with E-state index in [1.807, 2.05) is 12.1 Å². The number of Topliss-reactive ketones (excluding diaryl/α,β-unsaturated/α-hetero) is 1. The van der Waals surface area contributed by atoms with Crippen LogP contribution in [0.3, 0.4) is 0 Å². The minimum absolute atomic E-state index is 0.0634. The fourth-order valence-electron chi connectivity index (χ4n) is 4.39. The molecule has 0 radical (unpaired) electrons. The first kappa shape index (κ1) is 26.8. The summed E-state index contributed by atoms with van der Waals surface area (Å²) in [5.74, 6) is -0.645. The van der Waals surface area contributed by atoms with Gasteiger partial charge in [-0.15, -0.1) is 0 Å². The van der Waals surface area contributed by atoms with Crippen molar-refractivity contribution < 1.29 is 14.7 Å². The number of hydrogen-bond acceptors (Lipinski definition) is 2. The maximum atomic E-state index is 13.1. The van der Waals surface area contributed by atoms with Crippen LogP contribution in [0.4, 0.5) is 0 Å². The fourth-order valence-corrected chi connectivity index (χ4v) is 4.39. The normalized spacial score (nSPS) is 12.9. The van der Waals surface area contributed by atoms with Gasteiger partial charge in [0.2, 0.25) is 0 Å². The number of ketones is 1. The molecule has 0 bridgehead atoms. The van der Waals surface area contributed by atoms with Crippen LogP contribution in [0.1, 0.15) is 101 Å². The van der Waals surface area contributed by atoms with E-state index < -0.39 is 5.97 Å². The molecule has 3 heteroatoms. The Kier molecular flexibility index (Phi) is 11.9. The van der Waals surface area contributed by atoms with Crippen LogP contribution in [0.5, 0.6) is 0 Å². The molecule has 2 unspecified atom stereocenters. The van der Waals surface area contributed by atoms with E-state index in [-0.39, 0.29) is 17.6 Å². The Morgan fingerprint density at radius 2 is 1.42 bits per heavy atom. The van der Waals surface area contributed by atoms with E-state index in [4.69, 9.17) is 5.11 Å². The number of carboxylic acids is 1. The molecule has 2 rings (SSSR count). The summed E-state index contributed by atoms with van der Waals surface area (Å²) in [5.41, 5.74) is 4.48. The van der Waals surface area contributed by atoms with Gasteiger partial charge in [-0.2, -0.15) is 0 Å². The third kappa shape index (κ3) is 9.15. The molecule has 0 aromatic heterocycles. The zero-order chi connectivity index (χ0) is 24.1. The Morgan fingerprint density at radius 1 is 0.788 bits per heavy atom. The molecule has 2 atom stereocenters. The van der Waals surface area contributed by atoms with Crippen molar-refractivity contribution in [2.75, 3.05) is 0 Å². The van der Waals surface area contributed by atoms with Crippen molar-refractivity contribution in [1.82, 2.24) is 0 Å². The van der Waals surface area contributed by atoms with Gasteiger partial charge in [0.15, 0.2) is 5.78 Å². The number of carbonyl (C=O) groups is 2. The van der Waals surface area contributed by atoms with Gasteiger partial charge in [0, 0.05) is 11.5 Å². The predicted octanol–water partition coefficient (Wildman–Crippen LogP) is 8.36. The van der Waals surface area contributed by atoms with Gasteiger partial charge in [0.05, 0.1) is 5.92 Å². The number of carboxylic acid groups (broad SMARTS) is 1. The van der Waals surface area contributed by atoms with Crippen molar-refractivity contribution in [3.8, 4) is 11.1 Å². The summed E-state index contributed by atoms with van der Waals surface area (Å²) >= 11 is 0. The van der Waals surface area contributed by atoms with Crippen LogP contribution in [-0.2, 0) is 11.2 Å². The highest BCUT2D eigenvalue weighted by atomic mass is 16.4. The molecule has 0 heterocycles. The van der Waals surface area contributed by atoms with Crippen LogP contribution in [0.15, 0.2) is 48.5 Å². The highest BCUT2D eigenvalue weighted by Gasteiger charge is 2.17. The fraction of sp³-hybridized carbons (Fsp3) is 0.533. The largest absolute Gasteiger partial charge is 0.481 e. The Balaban J connectivity index is 2.03. The number of unbranched alkanes of at least 4 members (excludes halogenated alkanes) is 6. The minimum atomic E-state index is -0.705. The zero-order valence-corrected chi connectivity index (χ0v) is 20.8. The van der Waals surface area contributed by atoms with Gasteiger partial charge in [-0.1, -0.05) is 108 Å². The molecule has 1 N–H and O–H groups in total. The van der Waals surface area contributed by atoms with E-state index in [0.717, 1.165) is 56.9 Å². The molecule has 0 aliphatic rings. The van der Waals surface area contributed by atoms with E-state index in [9.17, 15) is 9.59 Å². The number of hydrogen-bond donors (Lipinski definition) is 1. The third-order valence-electron chi connectivity index (χ3n) is 6.67. The first-order valence-corrected chi connectivity index (χ1v) is 12.9. The van der Waals surface area contributed by atoms with E-state index in [2.05, 4.69) is 50.2 Å². The first-order chi connectivity index (χ1) is 15.9. The summed E-state index contributed by atoms with van der Waals surface area (Å²) in [6.07, 6.45) is 11.5. The molecule has 0 spiro atoms. The summed E-state index contributed by atoms with van der Waals surface area (Å²) in [6.45, 7) is 6.06. The molecule has 3 nitrogen and oxygen atoms in total. The van der Waals surface area contributed by atoms with Crippen molar-refractivity contribution in [2.24, 2.45) is 11.8 Å². The Labute approximate surface area is 200 Å². The highest BCUT2D eigenvalue weighted by Crippen LogP contribution is 2.28. The summed E-state index contributed by atoms with van der Waals surface area (Å²) < 4.78 is 0. The second-order valence-electron chi connectivity index (χ2n) is 9.54. The smallest absolute Gasteiger partial charge is 0.306 e. The first-order valence-electron chi connectivity index (χ1n) is 12.9. The van der Waals surface area contributed by atoms with E-state index in [1.54, 1.807) is 6.92 Å². The Bertz CT molecular complexity index is 856.